The number of esters is 1. The van der Waals surface area contributed by atoms with Gasteiger partial charge in [0.05, 0.1) is 20.6 Å². The Morgan fingerprint density at radius 2 is 1.82 bits per heavy atom. The van der Waals surface area contributed by atoms with Crippen LogP contribution >= 0.6 is 0 Å². The fourth-order valence-electron chi connectivity index (χ4n) is 2.76. The van der Waals surface area contributed by atoms with Crippen molar-refractivity contribution in [2.24, 2.45) is 0 Å². The van der Waals surface area contributed by atoms with E-state index in [9.17, 15) is 4.79 Å². The van der Waals surface area contributed by atoms with Gasteiger partial charge in [0.2, 0.25) is 5.82 Å². The van der Waals surface area contributed by atoms with Crippen LogP contribution in [0.3, 0.4) is 0 Å². The summed E-state index contributed by atoms with van der Waals surface area (Å²) in [6.07, 6.45) is 0.278. The molecule has 1 aromatic heterocycles. The van der Waals surface area contributed by atoms with Gasteiger partial charge in [-0.3, -0.25) is 4.79 Å². The van der Waals surface area contributed by atoms with Gasteiger partial charge in [0, 0.05) is 5.56 Å². The fourth-order valence-corrected chi connectivity index (χ4v) is 2.76. The van der Waals surface area contributed by atoms with E-state index >= 15 is 0 Å². The van der Waals surface area contributed by atoms with Crippen LogP contribution in [0.5, 0.6) is 11.5 Å². The molecule has 1 unspecified atom stereocenters. The molecule has 0 saturated heterocycles. The molecule has 0 fully saturated rings. The predicted octanol–water partition coefficient (Wildman–Crippen LogP) is 3.99. The van der Waals surface area contributed by atoms with Crippen LogP contribution in [-0.2, 0) is 16.1 Å². The largest absolute Gasteiger partial charge is 0.493 e. The van der Waals surface area contributed by atoms with Crippen LogP contribution < -0.4 is 9.47 Å². The Kier molecular flexibility index (Phi) is 6.26. The molecule has 0 spiro atoms. The van der Waals surface area contributed by atoms with Gasteiger partial charge in [-0.05, 0) is 29.7 Å². The number of hydrogen-bond acceptors (Lipinski definition) is 7. The van der Waals surface area contributed by atoms with Crippen LogP contribution in [0.4, 0.5) is 0 Å². The van der Waals surface area contributed by atoms with Gasteiger partial charge in [-0.1, -0.05) is 42.4 Å². The summed E-state index contributed by atoms with van der Waals surface area (Å²) in [6.45, 7) is 1.92. The van der Waals surface area contributed by atoms with Gasteiger partial charge < -0.3 is 18.7 Å². The average Bonchev–Trinajstić information content (AvgIpc) is 3.21. The molecule has 0 bridgehead atoms. The van der Waals surface area contributed by atoms with E-state index in [1.165, 1.54) is 0 Å². The molecule has 0 aliphatic carbocycles. The summed E-state index contributed by atoms with van der Waals surface area (Å²) in [5, 5.41) is 3.93. The Balaban J connectivity index is 1.58. The topological polar surface area (TPSA) is 83.7 Å². The third kappa shape index (κ3) is 4.68. The second-order valence-electron chi connectivity index (χ2n) is 6.26. The zero-order chi connectivity index (χ0) is 19.9. The van der Waals surface area contributed by atoms with Crippen LogP contribution in [0.2, 0.25) is 0 Å². The first-order valence-corrected chi connectivity index (χ1v) is 8.86. The van der Waals surface area contributed by atoms with E-state index in [0.29, 0.717) is 22.9 Å². The van der Waals surface area contributed by atoms with Crippen LogP contribution in [-0.4, -0.2) is 30.3 Å². The number of nitrogens with zero attached hydrogens (tertiary/aromatic N) is 2. The molecule has 7 nitrogen and oxygen atoms in total. The molecule has 146 valence electrons. The predicted molar refractivity (Wildman–Crippen MR) is 102 cm³/mol. The molecule has 0 aliphatic heterocycles. The number of methoxy groups -OCH3 is 2. The molecule has 1 heterocycles. The van der Waals surface area contributed by atoms with Crippen molar-refractivity contribution in [3.05, 3.63) is 60.0 Å². The van der Waals surface area contributed by atoms with Crippen molar-refractivity contribution in [1.29, 1.82) is 0 Å². The number of ether oxygens (including phenoxy) is 3. The summed E-state index contributed by atoms with van der Waals surface area (Å²) in [5.41, 5.74) is 1.80. The molecule has 0 aliphatic rings. The Labute approximate surface area is 163 Å². The van der Waals surface area contributed by atoms with E-state index in [1.807, 2.05) is 37.3 Å². The third-order valence-corrected chi connectivity index (χ3v) is 4.31. The molecule has 28 heavy (non-hydrogen) atoms. The molecule has 2 aromatic carbocycles. The van der Waals surface area contributed by atoms with E-state index in [0.717, 1.165) is 5.56 Å². The highest BCUT2D eigenvalue weighted by molar-refractivity contribution is 5.70. The maximum atomic E-state index is 12.1. The lowest BCUT2D eigenvalue weighted by Gasteiger charge is -2.10. The molecule has 3 rings (SSSR count). The summed E-state index contributed by atoms with van der Waals surface area (Å²) in [5.74, 6) is 1.53. The van der Waals surface area contributed by atoms with Crippen molar-refractivity contribution in [1.82, 2.24) is 10.1 Å². The van der Waals surface area contributed by atoms with Gasteiger partial charge in [0.1, 0.15) is 0 Å². The van der Waals surface area contributed by atoms with E-state index < -0.39 is 0 Å². The normalized spacial score (nSPS) is 11.7. The minimum atomic E-state index is -0.317. The lowest BCUT2D eigenvalue weighted by atomic mass is 9.98. The highest BCUT2D eigenvalue weighted by Gasteiger charge is 2.15. The quantitative estimate of drug-likeness (QED) is 0.545. The molecule has 0 amide bonds. The lowest BCUT2D eigenvalue weighted by Crippen LogP contribution is -2.09. The number of benzene rings is 2. The lowest BCUT2D eigenvalue weighted by molar-refractivity contribution is -0.146. The van der Waals surface area contributed by atoms with E-state index in [2.05, 4.69) is 10.1 Å². The Morgan fingerprint density at radius 3 is 2.54 bits per heavy atom. The first-order valence-electron chi connectivity index (χ1n) is 8.86. The van der Waals surface area contributed by atoms with Gasteiger partial charge in [-0.2, -0.15) is 4.98 Å². The van der Waals surface area contributed by atoms with E-state index in [1.54, 1.807) is 32.4 Å². The second-order valence-corrected chi connectivity index (χ2v) is 6.26. The number of hydrogen-bond donors (Lipinski definition) is 0. The summed E-state index contributed by atoms with van der Waals surface area (Å²) < 4.78 is 20.9. The maximum absolute atomic E-state index is 12.1. The van der Waals surface area contributed by atoms with Crippen molar-refractivity contribution in [3.8, 4) is 22.9 Å². The highest BCUT2D eigenvalue weighted by Crippen LogP contribution is 2.31. The molecule has 1 atom stereocenters. The fraction of sp³-hybridized carbons (Fsp3) is 0.286. The summed E-state index contributed by atoms with van der Waals surface area (Å²) in [7, 11) is 3.12. The third-order valence-electron chi connectivity index (χ3n) is 4.31. The van der Waals surface area contributed by atoms with Gasteiger partial charge in [0.25, 0.3) is 5.89 Å². The molecule has 0 N–H and O–H groups in total. The van der Waals surface area contributed by atoms with Crippen LogP contribution in [0.1, 0.15) is 30.7 Å². The zero-order valence-corrected chi connectivity index (χ0v) is 16.0. The monoisotopic (exact) mass is 382 g/mol. The summed E-state index contributed by atoms with van der Waals surface area (Å²) in [6, 6.07) is 15.1. The minimum Gasteiger partial charge on any atom is -0.493 e. The second kappa shape index (κ2) is 9.03. The minimum absolute atomic E-state index is 0.0683. The average molecular weight is 382 g/mol. The Morgan fingerprint density at radius 1 is 1.07 bits per heavy atom. The van der Waals surface area contributed by atoms with Gasteiger partial charge in [0.15, 0.2) is 18.1 Å². The molecule has 0 radical (unpaired) electrons. The SMILES string of the molecule is COc1ccc(-c2noc(COC(=O)CC(C)c3ccccc3)n2)cc1OC. The maximum Gasteiger partial charge on any atom is 0.306 e. The molecular weight excluding hydrogens is 360 g/mol. The Bertz CT molecular complexity index is 924. The smallest absolute Gasteiger partial charge is 0.306 e. The highest BCUT2D eigenvalue weighted by atomic mass is 16.6. The van der Waals surface area contributed by atoms with Gasteiger partial charge in [-0.15, -0.1) is 0 Å². The van der Waals surface area contributed by atoms with Crippen molar-refractivity contribution in [2.45, 2.75) is 25.9 Å². The van der Waals surface area contributed by atoms with Crippen LogP contribution in [0.25, 0.3) is 11.4 Å². The molecule has 0 saturated carbocycles. The Hall–Kier alpha value is -3.35. The van der Waals surface area contributed by atoms with E-state index in [4.69, 9.17) is 18.7 Å². The molecular formula is C21H22N2O5. The first kappa shape index (κ1) is 19.4. The van der Waals surface area contributed by atoms with Crippen molar-refractivity contribution in [3.63, 3.8) is 0 Å². The van der Waals surface area contributed by atoms with Crippen molar-refractivity contribution < 1.29 is 23.5 Å². The van der Waals surface area contributed by atoms with Crippen molar-refractivity contribution >= 4 is 5.97 Å². The van der Waals surface area contributed by atoms with Crippen LogP contribution in [0, 0.1) is 0 Å². The van der Waals surface area contributed by atoms with Gasteiger partial charge >= 0.3 is 5.97 Å². The summed E-state index contributed by atoms with van der Waals surface area (Å²) in [4.78, 5) is 16.4. The summed E-state index contributed by atoms with van der Waals surface area (Å²) >= 11 is 0. The molecule has 7 heteroatoms. The van der Waals surface area contributed by atoms with Gasteiger partial charge in [-0.25, -0.2) is 0 Å². The van der Waals surface area contributed by atoms with Crippen LogP contribution in [0.15, 0.2) is 53.1 Å². The number of carbonyl (C=O) groups excluding carboxylic acids is 1. The standard InChI is InChI=1S/C21H22N2O5/c1-14(15-7-5-4-6-8-15)11-20(24)27-13-19-22-21(23-28-19)16-9-10-17(25-2)18(12-16)26-3/h4-10,12,14H,11,13H2,1-3H3. The number of aromatic nitrogens is 2. The molecule has 3 aromatic rings. The van der Waals surface area contributed by atoms with Crippen molar-refractivity contribution in [2.75, 3.05) is 14.2 Å². The number of rotatable bonds is 8. The first-order chi connectivity index (χ1) is 13.6. The van der Waals surface area contributed by atoms with E-state index in [-0.39, 0.29) is 30.8 Å². The number of carbonyl (C=O) groups is 1. The zero-order valence-electron chi connectivity index (χ0n) is 16.0.